The fourth-order valence-electron chi connectivity index (χ4n) is 6.20. The van der Waals surface area contributed by atoms with Gasteiger partial charge in [0.2, 0.25) is 0 Å². The number of H-pyrrole nitrogens is 1. The van der Waals surface area contributed by atoms with Gasteiger partial charge in [0.1, 0.15) is 5.75 Å². The van der Waals surface area contributed by atoms with Gasteiger partial charge in [0.15, 0.2) is 0 Å². The van der Waals surface area contributed by atoms with E-state index in [4.69, 9.17) is 8.85 Å². The van der Waals surface area contributed by atoms with Crippen LogP contribution in [0, 0.1) is 19.3 Å². The largest absolute Gasteiger partial charge is 0.496 e. The van der Waals surface area contributed by atoms with E-state index in [1.807, 2.05) is 19.2 Å². The number of carbonyl (C=O) groups is 1. The van der Waals surface area contributed by atoms with Gasteiger partial charge in [-0.05, 0) is 98.6 Å². The van der Waals surface area contributed by atoms with E-state index < -0.39 is 12.2 Å². The van der Waals surface area contributed by atoms with Gasteiger partial charge in [-0.15, -0.1) is 0 Å². The van der Waals surface area contributed by atoms with Crippen molar-refractivity contribution in [2.24, 2.45) is 5.41 Å². The summed E-state index contributed by atoms with van der Waals surface area (Å²) in [5, 5.41) is 10.8. The molecule has 0 amide bonds. The Morgan fingerprint density at radius 1 is 1.26 bits per heavy atom. The highest BCUT2D eigenvalue weighted by atomic mass is 32.2. The van der Waals surface area contributed by atoms with E-state index in [2.05, 4.69) is 28.9 Å². The zero-order valence-corrected chi connectivity index (χ0v) is 20.8. The van der Waals surface area contributed by atoms with Gasteiger partial charge in [-0.25, -0.2) is 4.79 Å². The second-order valence-corrected chi connectivity index (χ2v) is 11.0. The molecule has 2 aliphatic rings. The van der Waals surface area contributed by atoms with Gasteiger partial charge in [-0.1, -0.05) is 6.07 Å². The van der Waals surface area contributed by atoms with Crippen molar-refractivity contribution in [2.45, 2.75) is 57.4 Å². The van der Waals surface area contributed by atoms with Gasteiger partial charge in [-0.3, -0.25) is 4.90 Å². The van der Waals surface area contributed by atoms with Crippen molar-refractivity contribution in [3.8, 4) is 5.75 Å². The minimum atomic E-state index is -1.96. The predicted octanol–water partition coefficient (Wildman–Crippen LogP) is 6.34. The van der Waals surface area contributed by atoms with E-state index in [1.165, 1.54) is 0 Å². The second kappa shape index (κ2) is 8.97. The van der Waals surface area contributed by atoms with Crippen LogP contribution in [0.15, 0.2) is 36.5 Å². The molecule has 180 valence electrons. The quantitative estimate of drug-likeness (QED) is 0.430. The summed E-state index contributed by atoms with van der Waals surface area (Å²) < 4.78 is 28.8. The van der Waals surface area contributed by atoms with Gasteiger partial charge in [0.25, 0.3) is 0 Å². The third-order valence-corrected chi connectivity index (χ3v) is 8.72. The van der Waals surface area contributed by atoms with Crippen molar-refractivity contribution in [2.75, 3.05) is 19.8 Å². The van der Waals surface area contributed by atoms with E-state index in [1.54, 1.807) is 19.2 Å². The number of methoxy groups -OCH3 is 1. The molecule has 1 aliphatic heterocycles. The van der Waals surface area contributed by atoms with Crippen molar-refractivity contribution >= 4 is 28.6 Å². The number of nitrogens with one attached hydrogen (secondary N) is 1. The SMILES string of the molecule is [2H]C([2H])([2H])SC1CC2(CCN(Cc3c(OC)cc(C)c4[nH]ccc34)[C@H](c3ccc(C(=O)O)cc3C)C2)C1. The number of thioether (sulfide) groups is 1. The Morgan fingerprint density at radius 2 is 2.09 bits per heavy atom. The van der Waals surface area contributed by atoms with Crippen LogP contribution in [0.2, 0.25) is 0 Å². The average Bonchev–Trinajstić information content (AvgIpc) is 3.30. The zero-order valence-electron chi connectivity index (χ0n) is 23.0. The van der Waals surface area contributed by atoms with E-state index >= 15 is 0 Å². The first-order chi connectivity index (χ1) is 17.5. The first kappa shape index (κ1) is 19.8. The van der Waals surface area contributed by atoms with Crippen LogP contribution < -0.4 is 4.74 Å². The van der Waals surface area contributed by atoms with Crippen molar-refractivity contribution < 1.29 is 18.8 Å². The summed E-state index contributed by atoms with van der Waals surface area (Å²) in [4.78, 5) is 17.4. The number of ether oxygens (including phenoxy) is 1. The molecule has 2 N–H and O–H groups in total. The molecule has 2 heterocycles. The van der Waals surface area contributed by atoms with Crippen LogP contribution >= 0.6 is 11.8 Å². The molecule has 1 atom stereocenters. The lowest BCUT2D eigenvalue weighted by molar-refractivity contribution is -0.00587. The molecule has 1 spiro atoms. The summed E-state index contributed by atoms with van der Waals surface area (Å²) >= 11 is 1.13. The molecule has 1 aliphatic carbocycles. The maximum absolute atomic E-state index is 11.6. The third-order valence-electron chi connectivity index (χ3n) is 8.05. The minimum absolute atomic E-state index is 0.107. The highest BCUT2D eigenvalue weighted by molar-refractivity contribution is 7.99. The summed E-state index contributed by atoms with van der Waals surface area (Å²) in [5.74, 6) is -0.0474. The van der Waals surface area contributed by atoms with Gasteiger partial charge in [0, 0.05) is 44.6 Å². The molecule has 34 heavy (non-hydrogen) atoms. The molecular weight excluding hydrogens is 444 g/mol. The number of aromatic nitrogens is 1. The number of aryl methyl sites for hydroxylation is 2. The Kier molecular flexibility index (Phi) is 5.23. The molecule has 0 unspecified atom stereocenters. The number of nitrogens with zero attached hydrogens (tertiary/aromatic N) is 1. The van der Waals surface area contributed by atoms with Crippen LogP contribution in [0.25, 0.3) is 10.9 Å². The molecule has 0 bridgehead atoms. The van der Waals surface area contributed by atoms with Gasteiger partial charge >= 0.3 is 5.97 Å². The van der Waals surface area contributed by atoms with Crippen molar-refractivity contribution in [3.63, 3.8) is 0 Å². The highest BCUT2D eigenvalue weighted by Gasteiger charge is 2.49. The van der Waals surface area contributed by atoms with E-state index in [9.17, 15) is 9.90 Å². The Morgan fingerprint density at radius 3 is 2.79 bits per heavy atom. The number of hydrogen-bond donors (Lipinski definition) is 2. The number of carboxylic acids is 1. The summed E-state index contributed by atoms with van der Waals surface area (Å²) in [6.07, 6.45) is 3.81. The van der Waals surface area contributed by atoms with Crippen LogP contribution in [0.1, 0.15) is 68.4 Å². The summed E-state index contributed by atoms with van der Waals surface area (Å²) in [6.45, 7) is 5.67. The fourth-order valence-corrected chi connectivity index (χ4v) is 7.07. The summed E-state index contributed by atoms with van der Waals surface area (Å²) in [5.41, 5.74) is 5.95. The lowest BCUT2D eigenvalue weighted by atomic mass is 9.60. The molecule has 2 fully saturated rings. The predicted molar refractivity (Wildman–Crippen MR) is 139 cm³/mol. The molecule has 0 radical (unpaired) electrons. The van der Waals surface area contributed by atoms with E-state index in [0.717, 1.165) is 82.9 Å². The summed E-state index contributed by atoms with van der Waals surface area (Å²) in [6, 6.07) is 9.74. The highest BCUT2D eigenvalue weighted by Crippen LogP contribution is 2.57. The molecule has 5 nitrogen and oxygen atoms in total. The number of aromatic carboxylic acids is 1. The van der Waals surface area contributed by atoms with E-state index in [-0.39, 0.29) is 16.7 Å². The van der Waals surface area contributed by atoms with Crippen molar-refractivity contribution in [3.05, 3.63) is 64.3 Å². The molecular formula is C28H34N2O3S. The molecule has 1 aromatic heterocycles. The van der Waals surface area contributed by atoms with Gasteiger partial charge < -0.3 is 14.8 Å². The molecule has 2 aromatic carbocycles. The molecule has 6 heteroatoms. The number of hydrogen-bond acceptors (Lipinski definition) is 4. The smallest absolute Gasteiger partial charge is 0.335 e. The van der Waals surface area contributed by atoms with Gasteiger partial charge in [-0.2, -0.15) is 11.8 Å². The number of carboxylic acid groups (broad SMARTS) is 1. The van der Waals surface area contributed by atoms with Crippen LogP contribution in [-0.2, 0) is 6.54 Å². The standard InChI is InChI=1S/C28H34N2O3S/c1-17-11-19(27(31)32)5-6-21(17)24-15-28(13-20(14-28)34-4)8-10-30(24)16-23-22-7-9-29-26(22)18(2)12-25(23)33-3/h5-7,9,11-12,20,24,29H,8,10,13-16H2,1-4H3,(H,31,32)/t20?,24-,28?/m0/s1/i4D3. The fraction of sp³-hybridized carbons (Fsp3) is 0.464. The minimum Gasteiger partial charge on any atom is -0.496 e. The number of fused-ring (bicyclic) bond motifs is 1. The maximum Gasteiger partial charge on any atom is 0.335 e. The van der Waals surface area contributed by atoms with Crippen LogP contribution in [0.5, 0.6) is 5.75 Å². The average molecular weight is 482 g/mol. The second-order valence-electron chi connectivity index (χ2n) is 10.1. The van der Waals surface area contributed by atoms with Crippen LogP contribution in [0.3, 0.4) is 0 Å². The number of rotatable bonds is 6. The lowest BCUT2D eigenvalue weighted by Gasteiger charge is -2.55. The monoisotopic (exact) mass is 481 g/mol. The number of piperidine rings is 1. The number of benzene rings is 2. The normalized spacial score (nSPS) is 26.6. The van der Waals surface area contributed by atoms with Crippen LogP contribution in [-0.4, -0.2) is 46.0 Å². The third kappa shape index (κ3) is 4.01. The van der Waals surface area contributed by atoms with Crippen molar-refractivity contribution in [1.82, 2.24) is 9.88 Å². The van der Waals surface area contributed by atoms with Gasteiger partial charge in [0.05, 0.1) is 12.7 Å². The van der Waals surface area contributed by atoms with E-state index in [0.29, 0.717) is 12.1 Å². The Bertz CT molecular complexity index is 1330. The Hall–Kier alpha value is -2.44. The lowest BCUT2D eigenvalue weighted by Crippen LogP contribution is -2.49. The number of likely N-dealkylation sites (tertiary alicyclic amines) is 1. The Labute approximate surface area is 210 Å². The first-order valence-corrected chi connectivity index (χ1v) is 12.8. The maximum atomic E-state index is 11.6. The van der Waals surface area contributed by atoms with Crippen LogP contribution in [0.4, 0.5) is 0 Å². The van der Waals surface area contributed by atoms with Crippen molar-refractivity contribution in [1.29, 1.82) is 0 Å². The Balaban J connectivity index is 1.48. The topological polar surface area (TPSA) is 65.6 Å². The molecule has 3 aromatic rings. The molecule has 1 saturated heterocycles. The molecule has 1 saturated carbocycles. The zero-order chi connectivity index (χ0) is 26.5. The first-order valence-electron chi connectivity index (χ1n) is 13.4. The molecule has 5 rings (SSSR count). The number of aromatic amines is 1. The summed E-state index contributed by atoms with van der Waals surface area (Å²) in [7, 11) is 1.71.